The first-order valence-electron chi connectivity index (χ1n) is 27.3. The van der Waals surface area contributed by atoms with E-state index in [-0.39, 0.29) is 38.0 Å². The predicted molar refractivity (Wildman–Crippen MR) is 297 cm³/mol. The molecule has 0 fully saturated rings. The first-order chi connectivity index (χ1) is 34.0. The fraction of sp³-hybridized carbons (Fsp3) is 0.571. The molecular formula is C63H98O6. The summed E-state index contributed by atoms with van der Waals surface area (Å²) in [6, 6.07) is 0. The van der Waals surface area contributed by atoms with E-state index >= 15 is 0 Å². The molecule has 0 rings (SSSR count). The molecule has 0 saturated heterocycles. The molecule has 0 aromatic rings. The molecule has 0 unspecified atom stereocenters. The Kier molecular flexibility index (Phi) is 52.1. The van der Waals surface area contributed by atoms with Crippen molar-refractivity contribution < 1.29 is 28.6 Å². The van der Waals surface area contributed by atoms with Crippen LogP contribution in [0.2, 0.25) is 0 Å². The molecule has 1 atom stereocenters. The number of allylic oxidation sites excluding steroid dienone is 24. The second-order valence-electron chi connectivity index (χ2n) is 17.4. The molecule has 0 N–H and O–H groups in total. The summed E-state index contributed by atoms with van der Waals surface area (Å²) in [6.07, 6.45) is 79.9. The zero-order valence-electron chi connectivity index (χ0n) is 44.0. The minimum Gasteiger partial charge on any atom is -0.462 e. The van der Waals surface area contributed by atoms with Crippen LogP contribution in [0, 0.1) is 0 Å². The lowest BCUT2D eigenvalue weighted by atomic mass is 10.1. The number of unbranched alkanes of at least 4 members (excludes halogenated alkanes) is 12. The summed E-state index contributed by atoms with van der Waals surface area (Å²) in [5.41, 5.74) is 0. The minimum absolute atomic E-state index is 0.139. The Morgan fingerprint density at radius 1 is 0.304 bits per heavy atom. The van der Waals surface area contributed by atoms with Crippen molar-refractivity contribution in [2.45, 2.75) is 219 Å². The maximum Gasteiger partial charge on any atom is 0.306 e. The van der Waals surface area contributed by atoms with Gasteiger partial charge in [0.05, 0.1) is 0 Å². The molecule has 0 radical (unpaired) electrons. The molecule has 0 aliphatic carbocycles. The summed E-state index contributed by atoms with van der Waals surface area (Å²) in [4.78, 5) is 38.0. The second-order valence-corrected chi connectivity index (χ2v) is 17.4. The highest BCUT2D eigenvalue weighted by atomic mass is 16.6. The molecule has 6 nitrogen and oxygen atoms in total. The molecule has 0 spiro atoms. The Morgan fingerprint density at radius 3 is 1.00 bits per heavy atom. The van der Waals surface area contributed by atoms with Crippen LogP contribution in [0.3, 0.4) is 0 Å². The normalized spacial score (nSPS) is 13.3. The Morgan fingerprint density at radius 2 is 0.609 bits per heavy atom. The molecule has 0 aromatic heterocycles. The summed E-state index contributed by atoms with van der Waals surface area (Å²) < 4.78 is 16.7. The van der Waals surface area contributed by atoms with Gasteiger partial charge in [0, 0.05) is 19.3 Å². The van der Waals surface area contributed by atoms with Crippen LogP contribution in [0.5, 0.6) is 0 Å². The molecule has 0 aliphatic heterocycles. The van der Waals surface area contributed by atoms with Gasteiger partial charge >= 0.3 is 17.9 Å². The van der Waals surface area contributed by atoms with Crippen LogP contribution in [0.1, 0.15) is 213 Å². The Labute approximate surface area is 423 Å². The van der Waals surface area contributed by atoms with Crippen molar-refractivity contribution in [3.8, 4) is 0 Å². The van der Waals surface area contributed by atoms with Gasteiger partial charge in [-0.15, -0.1) is 0 Å². The molecule has 0 bridgehead atoms. The Hall–Kier alpha value is -4.71. The summed E-state index contributed by atoms with van der Waals surface area (Å²) in [7, 11) is 0. The lowest BCUT2D eigenvalue weighted by Gasteiger charge is -2.18. The van der Waals surface area contributed by atoms with Gasteiger partial charge < -0.3 is 14.2 Å². The maximum atomic E-state index is 12.8. The van der Waals surface area contributed by atoms with Gasteiger partial charge in [-0.05, 0) is 128 Å². The summed E-state index contributed by atoms with van der Waals surface area (Å²) in [6.45, 7) is 6.33. The Balaban J connectivity index is 4.65. The lowest BCUT2D eigenvalue weighted by Crippen LogP contribution is -2.30. The number of hydrogen-bond acceptors (Lipinski definition) is 6. The van der Waals surface area contributed by atoms with E-state index in [1.807, 2.05) is 12.2 Å². The number of rotatable bonds is 47. The van der Waals surface area contributed by atoms with Crippen molar-refractivity contribution in [3.63, 3.8) is 0 Å². The minimum atomic E-state index is -0.853. The van der Waals surface area contributed by atoms with Crippen molar-refractivity contribution in [2.75, 3.05) is 13.2 Å². The van der Waals surface area contributed by atoms with Crippen LogP contribution >= 0.6 is 0 Å². The predicted octanol–water partition coefficient (Wildman–Crippen LogP) is 18.4. The van der Waals surface area contributed by atoms with Gasteiger partial charge in [-0.25, -0.2) is 0 Å². The van der Waals surface area contributed by atoms with Gasteiger partial charge in [-0.2, -0.15) is 0 Å². The summed E-state index contributed by atoms with van der Waals surface area (Å²) in [5, 5.41) is 0. The Bertz CT molecular complexity index is 1560. The maximum absolute atomic E-state index is 12.8. The average molecular weight is 951 g/mol. The topological polar surface area (TPSA) is 78.9 Å². The van der Waals surface area contributed by atoms with Crippen LogP contribution in [-0.2, 0) is 28.6 Å². The second kappa shape index (κ2) is 55.9. The van der Waals surface area contributed by atoms with E-state index in [0.29, 0.717) is 19.3 Å². The highest BCUT2D eigenvalue weighted by Crippen LogP contribution is 2.11. The van der Waals surface area contributed by atoms with E-state index in [4.69, 9.17) is 14.2 Å². The molecule has 6 heteroatoms. The van der Waals surface area contributed by atoms with Gasteiger partial charge in [0.25, 0.3) is 0 Å². The van der Waals surface area contributed by atoms with Gasteiger partial charge in [0.2, 0.25) is 0 Å². The summed E-state index contributed by atoms with van der Waals surface area (Å²) in [5.74, 6) is -1.10. The fourth-order valence-corrected chi connectivity index (χ4v) is 6.72. The van der Waals surface area contributed by atoms with Crippen LogP contribution in [0.25, 0.3) is 0 Å². The SMILES string of the molecule is CC/C=C\C/C=C\C/C=C\C/C=C\C/C=C\C/C=C\CCC(=O)O[C@H](COC(=O)CCC/C=C\C/C=C\C/C=C\C/C=C\CCCCC)COC(=O)CCCCCCC/C=C\C/C=C\CCCCC. The first kappa shape index (κ1) is 64.3. The van der Waals surface area contributed by atoms with E-state index in [2.05, 4.69) is 154 Å². The van der Waals surface area contributed by atoms with E-state index in [1.165, 1.54) is 51.4 Å². The molecule has 0 amide bonds. The van der Waals surface area contributed by atoms with Gasteiger partial charge in [0.1, 0.15) is 13.2 Å². The van der Waals surface area contributed by atoms with Crippen LogP contribution in [-0.4, -0.2) is 37.2 Å². The van der Waals surface area contributed by atoms with E-state index in [9.17, 15) is 14.4 Å². The highest BCUT2D eigenvalue weighted by Gasteiger charge is 2.19. The largest absolute Gasteiger partial charge is 0.462 e. The third-order valence-corrected chi connectivity index (χ3v) is 10.8. The molecule has 0 aliphatic rings. The van der Waals surface area contributed by atoms with Crippen molar-refractivity contribution in [3.05, 3.63) is 146 Å². The monoisotopic (exact) mass is 951 g/mol. The van der Waals surface area contributed by atoms with Crippen molar-refractivity contribution in [1.29, 1.82) is 0 Å². The quantitative estimate of drug-likeness (QED) is 0.0262. The highest BCUT2D eigenvalue weighted by molar-refractivity contribution is 5.71. The zero-order valence-corrected chi connectivity index (χ0v) is 44.0. The van der Waals surface area contributed by atoms with Crippen molar-refractivity contribution >= 4 is 17.9 Å². The number of carbonyl (C=O) groups is 3. The van der Waals surface area contributed by atoms with Crippen LogP contribution < -0.4 is 0 Å². The molecule has 0 saturated carbocycles. The van der Waals surface area contributed by atoms with Crippen molar-refractivity contribution in [1.82, 2.24) is 0 Å². The third kappa shape index (κ3) is 54.1. The number of carbonyl (C=O) groups excluding carboxylic acids is 3. The van der Waals surface area contributed by atoms with Crippen LogP contribution in [0.4, 0.5) is 0 Å². The van der Waals surface area contributed by atoms with Gasteiger partial charge in [-0.1, -0.05) is 212 Å². The molecule has 69 heavy (non-hydrogen) atoms. The number of esters is 3. The number of ether oxygens (including phenoxy) is 3. The number of hydrogen-bond donors (Lipinski definition) is 0. The molecule has 0 aromatic carbocycles. The smallest absolute Gasteiger partial charge is 0.306 e. The van der Waals surface area contributed by atoms with Crippen LogP contribution in [0.15, 0.2) is 146 Å². The fourth-order valence-electron chi connectivity index (χ4n) is 6.72. The molecule has 0 heterocycles. The molecule has 386 valence electrons. The van der Waals surface area contributed by atoms with E-state index < -0.39 is 12.1 Å². The van der Waals surface area contributed by atoms with Crippen molar-refractivity contribution in [2.24, 2.45) is 0 Å². The average Bonchev–Trinajstić information content (AvgIpc) is 3.35. The van der Waals surface area contributed by atoms with Gasteiger partial charge in [-0.3, -0.25) is 14.4 Å². The van der Waals surface area contributed by atoms with E-state index in [0.717, 1.165) is 109 Å². The third-order valence-electron chi connectivity index (χ3n) is 10.8. The summed E-state index contributed by atoms with van der Waals surface area (Å²) >= 11 is 0. The first-order valence-corrected chi connectivity index (χ1v) is 27.3. The zero-order chi connectivity index (χ0) is 50.0. The molecular weight excluding hydrogens is 853 g/mol. The van der Waals surface area contributed by atoms with E-state index in [1.54, 1.807) is 0 Å². The standard InChI is InChI=1S/C63H98O6/c1-4-7-10-13-16-19-22-25-28-30-31-33-36-39-42-45-48-51-54-57-63(66)69-60(58-67-61(64)55-52-49-46-43-40-37-34-27-24-21-18-15-12-9-6-3)59-68-62(65)56-53-50-47-44-41-38-35-32-29-26-23-20-17-14-11-8-5-2/h7,10,16-21,25-29,31,33-35,38-39,42,44,47-48,51,60H,4-6,8-9,11-15,22-24,30,32,36-37,40-41,43,45-46,49-50,52-59H2,1-3H3/b10-7-,19-16-,20-17-,21-18-,28-25-,29-26-,33-31-,34-27-,38-35-,42-39-,47-44-,51-48-/t60-/m0/s1. The van der Waals surface area contributed by atoms with Gasteiger partial charge in [0.15, 0.2) is 6.10 Å². The lowest BCUT2D eigenvalue weighted by molar-refractivity contribution is -0.166.